The van der Waals surface area contributed by atoms with E-state index in [0.29, 0.717) is 5.92 Å². The van der Waals surface area contributed by atoms with Crippen LogP contribution in [0.4, 0.5) is 0 Å². The fourth-order valence-corrected chi connectivity index (χ4v) is 4.87. The van der Waals surface area contributed by atoms with Crippen LogP contribution in [-0.4, -0.2) is 13.6 Å². The Morgan fingerprint density at radius 3 is 1.71 bits per heavy atom. The molecule has 0 saturated carbocycles. The Balaban J connectivity index is 0.00000131. The molecule has 0 fully saturated rings. The molecule has 0 atom stereocenters. The van der Waals surface area contributed by atoms with E-state index in [1.54, 1.807) is 0 Å². The van der Waals surface area contributed by atoms with Gasteiger partial charge in [0.2, 0.25) is 0 Å². The Hall–Kier alpha value is -0.530. The van der Waals surface area contributed by atoms with Crippen LogP contribution in [0.25, 0.3) is 11.1 Å². The summed E-state index contributed by atoms with van der Waals surface area (Å²) in [4.78, 5) is 0. The minimum absolute atomic E-state index is 0. The maximum Gasteiger partial charge on any atom is 3.00 e. The van der Waals surface area contributed by atoms with Gasteiger partial charge in [-0.2, -0.15) is 22.4 Å². The first-order valence-corrected chi connectivity index (χ1v) is 11.6. The van der Waals surface area contributed by atoms with Crippen molar-refractivity contribution < 1.29 is 51.0 Å². The van der Waals surface area contributed by atoms with Gasteiger partial charge >= 0.3 is 26.2 Å². The van der Waals surface area contributed by atoms with E-state index in [2.05, 4.69) is 94.5 Å². The second-order valence-corrected chi connectivity index (χ2v) is 10.9. The predicted octanol–water partition coefficient (Wildman–Crippen LogP) is 0.0286. The zero-order valence-electron chi connectivity index (χ0n) is 17.0. The first kappa shape index (κ1) is 25.5. The van der Waals surface area contributed by atoms with Crippen LogP contribution in [0.15, 0.2) is 65.8 Å². The van der Waals surface area contributed by atoms with Gasteiger partial charge in [0.25, 0.3) is 0 Å². The quantitative estimate of drug-likeness (QED) is 0.381. The van der Waals surface area contributed by atoms with Crippen molar-refractivity contribution in [2.24, 2.45) is 5.41 Å². The monoisotopic (exact) mass is 501 g/mol. The Morgan fingerprint density at radius 2 is 1.29 bits per heavy atom. The van der Waals surface area contributed by atoms with Gasteiger partial charge < -0.3 is 24.8 Å². The van der Waals surface area contributed by atoms with Gasteiger partial charge in [0.05, 0.1) is 0 Å². The molecular formula is C24H25Cl2SiZr. The van der Waals surface area contributed by atoms with Crippen LogP contribution in [0.2, 0.25) is 13.1 Å². The minimum atomic E-state index is -0.511. The van der Waals surface area contributed by atoms with Gasteiger partial charge in [0, 0.05) is 5.92 Å². The Labute approximate surface area is 202 Å². The smallest absolute Gasteiger partial charge is 1.00 e. The van der Waals surface area contributed by atoms with E-state index in [1.165, 1.54) is 38.6 Å². The van der Waals surface area contributed by atoms with Crippen molar-refractivity contribution in [2.45, 2.75) is 39.8 Å². The van der Waals surface area contributed by atoms with Crippen molar-refractivity contribution in [3.05, 3.63) is 83.0 Å². The molecule has 4 heteroatoms. The molecule has 0 heterocycles. The normalized spacial score (nSPS) is 14.7. The summed E-state index contributed by atoms with van der Waals surface area (Å²) in [5.41, 5.74) is 8.63. The second kappa shape index (κ2) is 9.52. The minimum Gasteiger partial charge on any atom is -1.00 e. The Kier molecular flexibility index (Phi) is 8.67. The molecule has 0 unspecified atom stereocenters. The van der Waals surface area contributed by atoms with Gasteiger partial charge in [-0.3, -0.25) is 0 Å². The maximum atomic E-state index is 3.86. The van der Waals surface area contributed by atoms with Crippen LogP contribution >= 0.6 is 0 Å². The van der Waals surface area contributed by atoms with Crippen molar-refractivity contribution in [1.29, 1.82) is 0 Å². The molecule has 0 saturated heterocycles. The molecule has 4 rings (SSSR count). The first-order chi connectivity index (χ1) is 11.9. The van der Waals surface area contributed by atoms with E-state index in [4.69, 9.17) is 0 Å². The van der Waals surface area contributed by atoms with Crippen molar-refractivity contribution in [2.75, 3.05) is 0 Å². The van der Waals surface area contributed by atoms with Crippen LogP contribution in [-0.2, 0) is 26.2 Å². The van der Waals surface area contributed by atoms with E-state index in [1.807, 2.05) is 0 Å². The first-order valence-electron chi connectivity index (χ1n) is 9.10. The Morgan fingerprint density at radius 1 is 0.821 bits per heavy atom. The van der Waals surface area contributed by atoms with Gasteiger partial charge in [-0.25, -0.2) is 6.08 Å². The topological polar surface area (TPSA) is 0 Å². The van der Waals surface area contributed by atoms with Gasteiger partial charge in [-0.15, -0.1) is 0 Å². The number of hydrogen-bond donors (Lipinski definition) is 0. The molecule has 0 nitrogen and oxygen atoms in total. The van der Waals surface area contributed by atoms with Crippen molar-refractivity contribution in [3.8, 4) is 11.1 Å². The number of allylic oxidation sites excluding steroid dienone is 4. The third-order valence-corrected chi connectivity index (χ3v) is 6.66. The van der Waals surface area contributed by atoms with Gasteiger partial charge in [0.1, 0.15) is 0 Å². The zero-order chi connectivity index (χ0) is 17.8. The molecule has 0 aliphatic heterocycles. The molecule has 0 bridgehead atoms. The van der Waals surface area contributed by atoms with Crippen LogP contribution in [0.5, 0.6) is 0 Å². The summed E-state index contributed by atoms with van der Waals surface area (Å²) < 4.78 is 0. The molecule has 143 valence electrons. The zero-order valence-corrected chi connectivity index (χ0v) is 22.0. The standard InChI is InChI=1S/C24H25Si.2ClH.Zr/c1-24(2,3)22-15-16(25(4)5)14-21(22)23-19-12-8-6-10-17(19)18-11-7-9-13-20(18)23;;;/h6-13,15,23H,1-5H3;2*1H;/q-1;;;+3/p-2. The molecule has 28 heavy (non-hydrogen) atoms. The van der Waals surface area contributed by atoms with E-state index in [9.17, 15) is 0 Å². The Bertz CT molecular complexity index is 915. The fourth-order valence-electron chi connectivity index (χ4n) is 4.05. The van der Waals surface area contributed by atoms with Crippen LogP contribution in [0.3, 0.4) is 0 Å². The number of benzene rings is 2. The van der Waals surface area contributed by atoms with Crippen molar-refractivity contribution in [1.82, 2.24) is 0 Å². The number of fused-ring (bicyclic) bond motifs is 3. The number of halogens is 2. The van der Waals surface area contributed by atoms with Gasteiger partial charge in [-0.05, 0) is 30.7 Å². The number of rotatable bonds is 1. The molecule has 0 N–H and O–H groups in total. The molecule has 1 radical (unpaired) electrons. The fraction of sp³-hybridized carbons (Fsp3) is 0.292. The number of hydrogen-bond acceptors (Lipinski definition) is 0. The molecule has 0 amide bonds. The third-order valence-electron chi connectivity index (χ3n) is 5.32. The van der Waals surface area contributed by atoms with Crippen LogP contribution in [0, 0.1) is 11.5 Å². The van der Waals surface area contributed by atoms with Crippen LogP contribution in [0.1, 0.15) is 37.8 Å². The van der Waals surface area contributed by atoms with E-state index < -0.39 is 8.41 Å². The molecule has 2 aromatic carbocycles. The van der Waals surface area contributed by atoms with E-state index in [-0.39, 0.29) is 56.4 Å². The summed E-state index contributed by atoms with van der Waals surface area (Å²) in [6.45, 7) is 11.7. The van der Waals surface area contributed by atoms with E-state index >= 15 is 0 Å². The van der Waals surface area contributed by atoms with Crippen molar-refractivity contribution in [3.63, 3.8) is 0 Å². The molecule has 2 aliphatic carbocycles. The summed E-state index contributed by atoms with van der Waals surface area (Å²) in [7, 11) is -0.511. The van der Waals surface area contributed by atoms with Crippen LogP contribution < -0.4 is 24.8 Å². The molecule has 0 spiro atoms. The van der Waals surface area contributed by atoms with Gasteiger partial charge in [-0.1, -0.05) is 87.8 Å². The predicted molar refractivity (Wildman–Crippen MR) is 111 cm³/mol. The van der Waals surface area contributed by atoms with Crippen molar-refractivity contribution >= 4 is 13.6 Å². The molecule has 0 aromatic heterocycles. The summed E-state index contributed by atoms with van der Waals surface area (Å²) in [5, 5.41) is 1.44. The summed E-state index contributed by atoms with van der Waals surface area (Å²) in [6, 6.07) is 17.8. The third kappa shape index (κ3) is 4.31. The molecule has 2 aliphatic rings. The van der Waals surface area contributed by atoms with E-state index in [0.717, 1.165) is 0 Å². The molecular weight excluding hydrogens is 478 g/mol. The average Bonchev–Trinajstić information content (AvgIpc) is 3.14. The summed E-state index contributed by atoms with van der Waals surface area (Å²) in [5.74, 6) is 0.316. The summed E-state index contributed by atoms with van der Waals surface area (Å²) in [6.07, 6.45) is 6.29. The summed E-state index contributed by atoms with van der Waals surface area (Å²) >= 11 is 0. The molecule has 2 aromatic rings. The average molecular weight is 504 g/mol. The van der Waals surface area contributed by atoms with Gasteiger partial charge in [0.15, 0.2) is 0 Å². The second-order valence-electron chi connectivity index (χ2n) is 8.37. The maximum absolute atomic E-state index is 3.86. The largest absolute Gasteiger partial charge is 3.00 e. The SMILES string of the molecule is C[Si](C)=C1[C-]=C(C2c3ccccc3-c3ccccc32)C(C(C)(C)C)=C1.[Cl-].[Cl-].[Zr+3].